The summed E-state index contributed by atoms with van der Waals surface area (Å²) in [6.45, 7) is 1.77. The molecular weight excluding hydrogens is 412 g/mol. The van der Waals surface area contributed by atoms with E-state index in [4.69, 9.17) is 9.47 Å². The first-order valence-electron chi connectivity index (χ1n) is 11.8. The molecule has 0 atom stereocenters. The van der Waals surface area contributed by atoms with Gasteiger partial charge >= 0.3 is 0 Å². The second-order valence-corrected chi connectivity index (χ2v) is 8.71. The van der Waals surface area contributed by atoms with Gasteiger partial charge in [0.2, 0.25) is 0 Å². The zero-order chi connectivity index (χ0) is 22.9. The number of hydrogen-bond acceptors (Lipinski definition) is 4. The van der Waals surface area contributed by atoms with E-state index in [9.17, 15) is 4.79 Å². The van der Waals surface area contributed by atoms with Crippen LogP contribution in [-0.4, -0.2) is 29.5 Å². The first-order valence-corrected chi connectivity index (χ1v) is 11.8. The second-order valence-electron chi connectivity index (χ2n) is 8.71. The minimum absolute atomic E-state index is 0.0250. The lowest BCUT2D eigenvalue weighted by Gasteiger charge is -2.24. The third-order valence-electron chi connectivity index (χ3n) is 6.23. The summed E-state index contributed by atoms with van der Waals surface area (Å²) in [4.78, 5) is 19.4. The molecule has 5 heteroatoms. The lowest BCUT2D eigenvalue weighted by Crippen LogP contribution is -2.30. The molecule has 1 saturated carbocycles. The van der Waals surface area contributed by atoms with Gasteiger partial charge in [0, 0.05) is 31.0 Å². The van der Waals surface area contributed by atoms with E-state index in [0.29, 0.717) is 24.6 Å². The lowest BCUT2D eigenvalue weighted by molar-refractivity contribution is 0.0729. The Balaban J connectivity index is 1.48. The number of amides is 1. The summed E-state index contributed by atoms with van der Waals surface area (Å²) in [5, 5.41) is 0. The Morgan fingerprint density at radius 1 is 0.909 bits per heavy atom. The van der Waals surface area contributed by atoms with Crippen molar-refractivity contribution in [1.29, 1.82) is 0 Å². The molecule has 172 valence electrons. The van der Waals surface area contributed by atoms with Crippen LogP contribution < -0.4 is 9.47 Å². The molecule has 1 heterocycles. The highest BCUT2D eigenvalue weighted by atomic mass is 16.5. The number of pyridine rings is 1. The van der Waals surface area contributed by atoms with Gasteiger partial charge in [-0.2, -0.15) is 0 Å². The lowest BCUT2D eigenvalue weighted by atomic mass is 9.90. The molecule has 4 rings (SSSR count). The largest absolute Gasteiger partial charge is 0.497 e. The Morgan fingerprint density at radius 3 is 2.36 bits per heavy atom. The van der Waals surface area contributed by atoms with Crippen molar-refractivity contribution in [1.82, 2.24) is 9.88 Å². The standard InChI is InChI=1S/C28H32N2O3/c1-32-26-12-10-25(11-13-26)28(31)30(19-22-14-16-29-17-15-22)20-24-8-5-9-27(18-24)33-21-23-6-3-2-4-7-23/h5,8-18,23H,2-4,6-7,19-21H2,1H3. The molecule has 1 aromatic heterocycles. The molecule has 0 unspecified atom stereocenters. The summed E-state index contributed by atoms with van der Waals surface area (Å²) < 4.78 is 11.4. The summed E-state index contributed by atoms with van der Waals surface area (Å²) in [7, 11) is 1.62. The van der Waals surface area contributed by atoms with E-state index in [-0.39, 0.29) is 5.91 Å². The number of carbonyl (C=O) groups excluding carboxylic acids is 1. The summed E-state index contributed by atoms with van der Waals surface area (Å²) in [6.07, 6.45) is 10.0. The highest BCUT2D eigenvalue weighted by Crippen LogP contribution is 2.25. The minimum atomic E-state index is -0.0250. The fourth-order valence-electron chi connectivity index (χ4n) is 4.35. The molecule has 0 radical (unpaired) electrons. The van der Waals surface area contributed by atoms with Crippen molar-refractivity contribution in [3.05, 3.63) is 89.7 Å². The van der Waals surface area contributed by atoms with Gasteiger partial charge in [-0.1, -0.05) is 31.4 Å². The predicted octanol–water partition coefficient (Wildman–Crippen LogP) is 5.89. The van der Waals surface area contributed by atoms with Gasteiger partial charge in [0.25, 0.3) is 5.91 Å². The normalized spacial score (nSPS) is 14.0. The number of hydrogen-bond donors (Lipinski definition) is 0. The number of benzene rings is 2. The van der Waals surface area contributed by atoms with Crippen LogP contribution in [-0.2, 0) is 13.1 Å². The Kier molecular flexibility index (Phi) is 7.96. The molecule has 0 spiro atoms. The number of rotatable bonds is 9. The van der Waals surface area contributed by atoms with E-state index in [1.165, 1.54) is 32.1 Å². The fourth-order valence-corrected chi connectivity index (χ4v) is 4.35. The van der Waals surface area contributed by atoms with Crippen LogP contribution in [0.5, 0.6) is 11.5 Å². The Morgan fingerprint density at radius 2 is 1.64 bits per heavy atom. The number of ether oxygens (including phenoxy) is 2. The maximum absolute atomic E-state index is 13.4. The van der Waals surface area contributed by atoms with Crippen molar-refractivity contribution < 1.29 is 14.3 Å². The monoisotopic (exact) mass is 444 g/mol. The van der Waals surface area contributed by atoms with E-state index in [1.54, 1.807) is 19.5 Å². The highest BCUT2D eigenvalue weighted by Gasteiger charge is 2.18. The van der Waals surface area contributed by atoms with E-state index in [1.807, 2.05) is 59.5 Å². The molecule has 1 fully saturated rings. The van der Waals surface area contributed by atoms with Gasteiger partial charge < -0.3 is 14.4 Å². The fraction of sp³-hybridized carbons (Fsp3) is 0.357. The Bertz CT molecular complexity index is 1010. The van der Waals surface area contributed by atoms with Crippen LogP contribution in [0.3, 0.4) is 0 Å². The van der Waals surface area contributed by atoms with Gasteiger partial charge in [0.1, 0.15) is 11.5 Å². The first-order chi connectivity index (χ1) is 16.2. The maximum Gasteiger partial charge on any atom is 0.254 e. The Hall–Kier alpha value is -3.34. The van der Waals surface area contributed by atoms with Crippen LogP contribution in [0.2, 0.25) is 0 Å². The summed E-state index contributed by atoms with van der Waals surface area (Å²) in [6, 6.07) is 19.3. The zero-order valence-electron chi connectivity index (χ0n) is 19.3. The van der Waals surface area contributed by atoms with Gasteiger partial charge in [-0.3, -0.25) is 9.78 Å². The minimum Gasteiger partial charge on any atom is -0.497 e. The number of carbonyl (C=O) groups is 1. The number of nitrogens with zero attached hydrogens (tertiary/aromatic N) is 2. The van der Waals surface area contributed by atoms with Crippen LogP contribution in [0, 0.1) is 5.92 Å². The third kappa shape index (κ3) is 6.58. The molecule has 1 amide bonds. The molecule has 1 aliphatic rings. The number of aromatic nitrogens is 1. The van der Waals surface area contributed by atoms with Gasteiger partial charge in [-0.15, -0.1) is 0 Å². The average Bonchev–Trinajstić information content (AvgIpc) is 2.88. The van der Waals surface area contributed by atoms with Crippen molar-refractivity contribution in [3.8, 4) is 11.5 Å². The third-order valence-corrected chi connectivity index (χ3v) is 6.23. The molecule has 0 aliphatic heterocycles. The van der Waals surface area contributed by atoms with Crippen molar-refractivity contribution in [2.75, 3.05) is 13.7 Å². The highest BCUT2D eigenvalue weighted by molar-refractivity contribution is 5.94. The van der Waals surface area contributed by atoms with E-state index < -0.39 is 0 Å². The van der Waals surface area contributed by atoms with E-state index in [2.05, 4.69) is 11.1 Å². The summed E-state index contributed by atoms with van der Waals surface area (Å²) in [5.41, 5.74) is 2.72. The topological polar surface area (TPSA) is 51.7 Å². The van der Waals surface area contributed by atoms with Gasteiger partial charge in [-0.05, 0) is 78.4 Å². The molecule has 0 saturated heterocycles. The number of methoxy groups -OCH3 is 1. The molecule has 0 bridgehead atoms. The average molecular weight is 445 g/mol. The van der Waals surface area contributed by atoms with Crippen LogP contribution in [0.1, 0.15) is 53.6 Å². The molecular formula is C28H32N2O3. The van der Waals surface area contributed by atoms with Gasteiger partial charge in [0.05, 0.1) is 13.7 Å². The van der Waals surface area contributed by atoms with Crippen LogP contribution in [0.25, 0.3) is 0 Å². The molecule has 1 aliphatic carbocycles. The van der Waals surface area contributed by atoms with Crippen molar-refractivity contribution >= 4 is 5.91 Å². The molecule has 5 nitrogen and oxygen atoms in total. The van der Waals surface area contributed by atoms with Gasteiger partial charge in [-0.25, -0.2) is 0 Å². The van der Waals surface area contributed by atoms with E-state index >= 15 is 0 Å². The predicted molar refractivity (Wildman–Crippen MR) is 129 cm³/mol. The molecule has 33 heavy (non-hydrogen) atoms. The van der Waals surface area contributed by atoms with Crippen LogP contribution in [0.15, 0.2) is 73.1 Å². The smallest absolute Gasteiger partial charge is 0.254 e. The quantitative estimate of drug-likeness (QED) is 0.413. The molecule has 2 aromatic carbocycles. The first kappa shape index (κ1) is 22.8. The van der Waals surface area contributed by atoms with Crippen LogP contribution >= 0.6 is 0 Å². The summed E-state index contributed by atoms with van der Waals surface area (Å²) in [5.74, 6) is 2.24. The van der Waals surface area contributed by atoms with E-state index in [0.717, 1.165) is 29.2 Å². The van der Waals surface area contributed by atoms with Crippen molar-refractivity contribution in [2.45, 2.75) is 45.2 Å². The van der Waals surface area contributed by atoms with Crippen molar-refractivity contribution in [2.24, 2.45) is 5.92 Å². The SMILES string of the molecule is COc1ccc(C(=O)N(Cc2ccncc2)Cc2cccc(OCC3CCCCC3)c2)cc1. The maximum atomic E-state index is 13.4. The van der Waals surface area contributed by atoms with Crippen LogP contribution in [0.4, 0.5) is 0 Å². The Labute approximate surface area is 196 Å². The molecule has 3 aromatic rings. The molecule has 0 N–H and O–H groups in total. The van der Waals surface area contributed by atoms with Gasteiger partial charge in [0.15, 0.2) is 0 Å². The summed E-state index contributed by atoms with van der Waals surface area (Å²) >= 11 is 0. The second kappa shape index (κ2) is 11.5. The van der Waals surface area contributed by atoms with Crippen molar-refractivity contribution in [3.63, 3.8) is 0 Å². The zero-order valence-corrected chi connectivity index (χ0v) is 19.3.